The first-order valence-corrected chi connectivity index (χ1v) is 9.06. The molecule has 2 rings (SSSR count). The van der Waals surface area contributed by atoms with E-state index in [1.54, 1.807) is 0 Å². The van der Waals surface area contributed by atoms with Crippen molar-refractivity contribution in [1.29, 1.82) is 0 Å². The summed E-state index contributed by atoms with van der Waals surface area (Å²) >= 11 is 0. The number of Topliss-reactive ketones (excluding diaryl/α,β-unsaturated/α-hetero) is 1. The van der Waals surface area contributed by atoms with Gasteiger partial charge in [-0.2, -0.15) is 0 Å². The molecule has 128 valence electrons. The van der Waals surface area contributed by atoms with Crippen molar-refractivity contribution in [2.75, 3.05) is 0 Å². The van der Waals surface area contributed by atoms with Gasteiger partial charge in [-0.1, -0.05) is 84.0 Å². The molecule has 0 aliphatic heterocycles. The molecule has 0 saturated carbocycles. The Morgan fingerprint density at radius 1 is 0.792 bits per heavy atom. The second-order valence-corrected chi connectivity index (χ2v) is 7.62. The largest absolute Gasteiger partial charge is 0.294 e. The summed E-state index contributed by atoms with van der Waals surface area (Å²) in [6.45, 7) is 13.2. The van der Waals surface area contributed by atoms with Crippen LogP contribution in [0, 0.1) is 0 Å². The van der Waals surface area contributed by atoms with Crippen LogP contribution in [0.4, 0.5) is 0 Å². The standard InChI is InChI=1S/C23H30O/c1-15(2)19-13-20(16(3)4)23(21(14-19)17(5)6)22(24)12-18-10-8-7-9-11-18/h7-11,13-17H,12H2,1-6H3. The van der Waals surface area contributed by atoms with Gasteiger partial charge >= 0.3 is 0 Å². The van der Waals surface area contributed by atoms with E-state index in [4.69, 9.17) is 0 Å². The zero-order valence-electron chi connectivity index (χ0n) is 15.9. The lowest BCUT2D eigenvalue weighted by Crippen LogP contribution is -2.14. The van der Waals surface area contributed by atoms with E-state index in [1.165, 1.54) is 16.7 Å². The third-order valence-electron chi connectivity index (χ3n) is 4.62. The number of carbonyl (C=O) groups excluding carboxylic acids is 1. The molecule has 0 atom stereocenters. The molecule has 0 aliphatic carbocycles. The van der Waals surface area contributed by atoms with Gasteiger partial charge in [0.15, 0.2) is 5.78 Å². The quantitative estimate of drug-likeness (QED) is 0.556. The minimum absolute atomic E-state index is 0.240. The average molecular weight is 322 g/mol. The molecular weight excluding hydrogens is 292 g/mol. The van der Waals surface area contributed by atoms with Crippen LogP contribution >= 0.6 is 0 Å². The highest BCUT2D eigenvalue weighted by Crippen LogP contribution is 2.33. The van der Waals surface area contributed by atoms with E-state index >= 15 is 0 Å². The van der Waals surface area contributed by atoms with Gasteiger partial charge in [0.2, 0.25) is 0 Å². The van der Waals surface area contributed by atoms with Crippen LogP contribution in [0.25, 0.3) is 0 Å². The summed E-state index contributed by atoms with van der Waals surface area (Å²) in [6.07, 6.45) is 0.474. The van der Waals surface area contributed by atoms with Crippen molar-refractivity contribution in [2.24, 2.45) is 0 Å². The van der Waals surface area contributed by atoms with Crippen LogP contribution in [0.5, 0.6) is 0 Å². The molecule has 0 amide bonds. The smallest absolute Gasteiger partial charge is 0.167 e. The lowest BCUT2D eigenvalue weighted by Gasteiger charge is -2.22. The monoisotopic (exact) mass is 322 g/mol. The first kappa shape index (κ1) is 18.4. The Balaban J connectivity index is 2.55. The Labute approximate surface area is 147 Å². The fourth-order valence-electron chi connectivity index (χ4n) is 3.15. The molecule has 0 saturated heterocycles. The van der Waals surface area contributed by atoms with Gasteiger partial charge in [0, 0.05) is 12.0 Å². The van der Waals surface area contributed by atoms with Crippen molar-refractivity contribution >= 4 is 5.78 Å². The number of rotatable bonds is 6. The zero-order valence-corrected chi connectivity index (χ0v) is 15.9. The van der Waals surface area contributed by atoms with Crippen LogP contribution in [0.15, 0.2) is 42.5 Å². The second-order valence-electron chi connectivity index (χ2n) is 7.62. The summed E-state index contributed by atoms with van der Waals surface area (Å²) in [5, 5.41) is 0. The molecule has 0 spiro atoms. The Kier molecular flexibility index (Phi) is 5.99. The van der Waals surface area contributed by atoms with Crippen LogP contribution < -0.4 is 0 Å². The molecule has 0 unspecified atom stereocenters. The number of hydrogen-bond donors (Lipinski definition) is 0. The van der Waals surface area contributed by atoms with Crippen molar-refractivity contribution < 1.29 is 4.79 Å². The SMILES string of the molecule is CC(C)c1cc(C(C)C)c(C(=O)Cc2ccccc2)c(C(C)C)c1. The van der Waals surface area contributed by atoms with Crippen molar-refractivity contribution in [3.63, 3.8) is 0 Å². The summed E-state index contributed by atoms with van der Waals surface area (Å²) in [7, 11) is 0. The fraction of sp³-hybridized carbons (Fsp3) is 0.435. The second kappa shape index (κ2) is 7.79. The third kappa shape index (κ3) is 4.14. The molecule has 2 aromatic rings. The van der Waals surface area contributed by atoms with Crippen LogP contribution in [-0.2, 0) is 6.42 Å². The minimum Gasteiger partial charge on any atom is -0.294 e. The van der Waals surface area contributed by atoms with Crippen LogP contribution in [-0.4, -0.2) is 5.78 Å². The van der Waals surface area contributed by atoms with E-state index in [9.17, 15) is 4.79 Å². The van der Waals surface area contributed by atoms with Gasteiger partial charge in [-0.05, 0) is 40.0 Å². The highest BCUT2D eigenvalue weighted by molar-refractivity contribution is 6.00. The highest BCUT2D eigenvalue weighted by Gasteiger charge is 2.22. The Morgan fingerprint density at radius 3 is 1.71 bits per heavy atom. The maximum atomic E-state index is 13.1. The predicted molar refractivity (Wildman–Crippen MR) is 103 cm³/mol. The molecule has 0 radical (unpaired) electrons. The van der Waals surface area contributed by atoms with E-state index in [1.807, 2.05) is 30.3 Å². The topological polar surface area (TPSA) is 17.1 Å². The lowest BCUT2D eigenvalue weighted by molar-refractivity contribution is 0.0990. The van der Waals surface area contributed by atoms with Crippen molar-refractivity contribution in [1.82, 2.24) is 0 Å². The van der Waals surface area contributed by atoms with Crippen LogP contribution in [0.2, 0.25) is 0 Å². The molecule has 1 nitrogen and oxygen atoms in total. The van der Waals surface area contributed by atoms with Gasteiger partial charge in [0.1, 0.15) is 0 Å². The average Bonchev–Trinajstić information content (AvgIpc) is 2.54. The molecule has 0 aliphatic rings. The van der Waals surface area contributed by atoms with Gasteiger partial charge in [0.05, 0.1) is 0 Å². The predicted octanol–water partition coefficient (Wildman–Crippen LogP) is 6.48. The van der Waals surface area contributed by atoms with E-state index in [-0.39, 0.29) is 5.78 Å². The van der Waals surface area contributed by atoms with Crippen molar-refractivity contribution in [2.45, 2.75) is 65.7 Å². The van der Waals surface area contributed by atoms with Crippen molar-refractivity contribution in [3.8, 4) is 0 Å². The highest BCUT2D eigenvalue weighted by atomic mass is 16.1. The van der Waals surface area contributed by atoms with Gasteiger partial charge in [-0.15, -0.1) is 0 Å². The lowest BCUT2D eigenvalue weighted by atomic mass is 9.82. The first-order chi connectivity index (χ1) is 11.3. The van der Waals surface area contributed by atoms with E-state index < -0.39 is 0 Å². The fourth-order valence-corrected chi connectivity index (χ4v) is 3.15. The molecule has 0 bridgehead atoms. The molecular formula is C23H30O. The molecule has 0 aromatic heterocycles. The first-order valence-electron chi connectivity index (χ1n) is 9.06. The molecule has 0 fully saturated rings. The summed E-state index contributed by atoms with van der Waals surface area (Å²) in [5.74, 6) is 1.40. The maximum absolute atomic E-state index is 13.1. The molecule has 1 heteroatoms. The van der Waals surface area contributed by atoms with Gasteiger partial charge in [-0.25, -0.2) is 0 Å². The Hall–Kier alpha value is -1.89. The Morgan fingerprint density at radius 2 is 1.29 bits per heavy atom. The summed E-state index contributed by atoms with van der Waals surface area (Å²) in [4.78, 5) is 13.1. The van der Waals surface area contributed by atoms with Gasteiger partial charge < -0.3 is 0 Å². The number of benzene rings is 2. The Bertz CT molecular complexity index is 664. The van der Waals surface area contributed by atoms with Crippen molar-refractivity contribution in [3.05, 3.63) is 70.3 Å². The van der Waals surface area contributed by atoms with Gasteiger partial charge in [0.25, 0.3) is 0 Å². The number of hydrogen-bond acceptors (Lipinski definition) is 1. The summed E-state index contributed by atoms with van der Waals surface area (Å²) in [5.41, 5.74) is 5.77. The third-order valence-corrected chi connectivity index (χ3v) is 4.62. The van der Waals surface area contributed by atoms with Crippen LogP contribution in [0.1, 0.15) is 91.9 Å². The zero-order chi connectivity index (χ0) is 17.9. The molecule has 0 heterocycles. The minimum atomic E-state index is 0.240. The normalized spacial score (nSPS) is 11.5. The number of ketones is 1. The molecule has 0 N–H and O–H groups in total. The summed E-state index contributed by atoms with van der Waals surface area (Å²) < 4.78 is 0. The number of carbonyl (C=O) groups is 1. The van der Waals surface area contributed by atoms with Crippen LogP contribution in [0.3, 0.4) is 0 Å². The molecule has 24 heavy (non-hydrogen) atoms. The maximum Gasteiger partial charge on any atom is 0.167 e. The molecule has 2 aromatic carbocycles. The van der Waals surface area contributed by atoms with E-state index in [0.717, 1.165) is 11.1 Å². The van der Waals surface area contributed by atoms with E-state index in [0.29, 0.717) is 24.2 Å². The summed E-state index contributed by atoms with van der Waals surface area (Å²) in [6, 6.07) is 14.5. The van der Waals surface area contributed by atoms with E-state index in [2.05, 4.69) is 53.7 Å². The van der Waals surface area contributed by atoms with Gasteiger partial charge in [-0.3, -0.25) is 4.79 Å².